The molecule has 1 fully saturated rings. The van der Waals surface area contributed by atoms with Crippen LogP contribution < -0.4 is 4.90 Å². The summed E-state index contributed by atoms with van der Waals surface area (Å²) < 4.78 is 0. The quantitative estimate of drug-likeness (QED) is 0.679. The Hall–Kier alpha value is -1.06. The predicted octanol–water partition coefficient (Wildman–Crippen LogP) is 1.10. The van der Waals surface area contributed by atoms with Gasteiger partial charge in [-0.3, -0.25) is 0 Å². The van der Waals surface area contributed by atoms with Crippen molar-refractivity contribution in [3.63, 3.8) is 0 Å². The zero-order valence-corrected chi connectivity index (χ0v) is 7.38. The third kappa shape index (κ3) is 1.29. The Morgan fingerprint density at radius 2 is 1.92 bits per heavy atom. The first-order valence-corrected chi connectivity index (χ1v) is 4.50. The Morgan fingerprint density at radius 1 is 1.17 bits per heavy atom. The number of H-pyrrole nitrogens is 1. The van der Waals surface area contributed by atoms with Crippen molar-refractivity contribution in [2.24, 2.45) is 0 Å². The van der Waals surface area contributed by atoms with E-state index in [9.17, 15) is 0 Å². The average Bonchev–Trinajstić information content (AvgIpc) is 2.53. The first-order valence-electron chi connectivity index (χ1n) is 4.50. The summed E-state index contributed by atoms with van der Waals surface area (Å²) >= 11 is 0. The molecule has 1 aliphatic heterocycles. The van der Waals surface area contributed by atoms with Crippen LogP contribution in [0.4, 0.5) is 5.82 Å². The number of anilines is 1. The van der Waals surface area contributed by atoms with Crippen LogP contribution in [-0.2, 0) is 0 Å². The van der Waals surface area contributed by atoms with Gasteiger partial charge in [-0.1, -0.05) is 0 Å². The number of nitrogens with zero attached hydrogens (tertiary/aromatic N) is 3. The molecule has 1 N–H and O–H groups in total. The van der Waals surface area contributed by atoms with E-state index in [1.54, 1.807) is 0 Å². The van der Waals surface area contributed by atoms with E-state index in [1.165, 1.54) is 19.3 Å². The Kier molecular flexibility index (Phi) is 1.98. The lowest BCUT2D eigenvalue weighted by atomic mass is 10.1. The number of aromatic nitrogens is 3. The molecule has 1 aromatic heterocycles. The van der Waals surface area contributed by atoms with E-state index in [1.807, 2.05) is 6.92 Å². The third-order valence-electron chi connectivity index (χ3n) is 2.35. The highest BCUT2D eigenvalue weighted by molar-refractivity contribution is 5.41. The van der Waals surface area contributed by atoms with E-state index in [0.717, 1.165) is 24.6 Å². The first-order chi connectivity index (χ1) is 5.88. The summed E-state index contributed by atoms with van der Waals surface area (Å²) in [6, 6.07) is 0. The molecule has 0 amide bonds. The zero-order valence-electron chi connectivity index (χ0n) is 7.38. The van der Waals surface area contributed by atoms with Crippen molar-refractivity contribution in [2.75, 3.05) is 18.0 Å². The maximum Gasteiger partial charge on any atom is 0.173 e. The summed E-state index contributed by atoms with van der Waals surface area (Å²) in [5.41, 5.74) is 1.01. The molecule has 0 bridgehead atoms. The van der Waals surface area contributed by atoms with Crippen LogP contribution in [0.15, 0.2) is 0 Å². The van der Waals surface area contributed by atoms with Crippen LogP contribution in [0.1, 0.15) is 25.0 Å². The molecule has 2 rings (SSSR count). The fourth-order valence-electron chi connectivity index (χ4n) is 1.68. The minimum Gasteiger partial charge on any atom is -0.354 e. The Balaban J connectivity index is 2.13. The molecule has 66 valence electrons. The highest BCUT2D eigenvalue weighted by Gasteiger charge is 2.15. The molecule has 0 aliphatic carbocycles. The summed E-state index contributed by atoms with van der Waals surface area (Å²) in [5, 5.41) is 10.8. The highest BCUT2D eigenvalue weighted by atomic mass is 15.4. The second-order valence-corrected chi connectivity index (χ2v) is 3.28. The maximum atomic E-state index is 4.13. The summed E-state index contributed by atoms with van der Waals surface area (Å²) in [4.78, 5) is 2.31. The van der Waals surface area contributed by atoms with Crippen molar-refractivity contribution in [1.82, 2.24) is 15.4 Å². The number of aromatic amines is 1. The van der Waals surface area contributed by atoms with E-state index in [0.29, 0.717) is 0 Å². The van der Waals surface area contributed by atoms with Gasteiger partial charge in [0.15, 0.2) is 5.82 Å². The molecule has 4 heteroatoms. The molecule has 0 aromatic carbocycles. The van der Waals surface area contributed by atoms with Gasteiger partial charge in [0.25, 0.3) is 0 Å². The van der Waals surface area contributed by atoms with Crippen molar-refractivity contribution < 1.29 is 0 Å². The smallest absolute Gasteiger partial charge is 0.173 e. The molecule has 0 atom stereocenters. The summed E-state index contributed by atoms with van der Waals surface area (Å²) in [5.74, 6) is 1.04. The lowest BCUT2D eigenvalue weighted by Crippen LogP contribution is -2.30. The number of hydrogen-bond donors (Lipinski definition) is 1. The van der Waals surface area contributed by atoms with Gasteiger partial charge in [-0.15, -0.1) is 5.10 Å². The van der Waals surface area contributed by atoms with E-state index in [-0.39, 0.29) is 0 Å². The maximum absolute atomic E-state index is 4.13. The molecule has 1 saturated heterocycles. The Labute approximate surface area is 72.0 Å². The molecular formula is C8H14N4. The molecule has 4 nitrogen and oxygen atoms in total. The van der Waals surface area contributed by atoms with Gasteiger partial charge < -0.3 is 4.90 Å². The van der Waals surface area contributed by atoms with Gasteiger partial charge in [0, 0.05) is 13.1 Å². The summed E-state index contributed by atoms with van der Waals surface area (Å²) in [6.07, 6.45) is 3.92. The fourth-order valence-corrected chi connectivity index (χ4v) is 1.68. The predicted molar refractivity (Wildman–Crippen MR) is 47.2 cm³/mol. The monoisotopic (exact) mass is 166 g/mol. The summed E-state index contributed by atoms with van der Waals surface area (Å²) in [7, 11) is 0. The van der Waals surface area contributed by atoms with Crippen LogP contribution in [0, 0.1) is 6.92 Å². The molecule has 0 spiro atoms. The minimum absolute atomic E-state index is 1.01. The number of hydrogen-bond acceptors (Lipinski definition) is 3. The highest BCUT2D eigenvalue weighted by Crippen LogP contribution is 2.18. The molecule has 1 aromatic rings. The lowest BCUT2D eigenvalue weighted by molar-refractivity contribution is 0.572. The number of rotatable bonds is 1. The van der Waals surface area contributed by atoms with Gasteiger partial charge in [0.1, 0.15) is 5.69 Å². The minimum atomic E-state index is 1.01. The van der Waals surface area contributed by atoms with Crippen molar-refractivity contribution in [3.05, 3.63) is 5.69 Å². The van der Waals surface area contributed by atoms with Crippen molar-refractivity contribution >= 4 is 5.82 Å². The second-order valence-electron chi connectivity index (χ2n) is 3.28. The largest absolute Gasteiger partial charge is 0.354 e. The molecule has 2 heterocycles. The third-order valence-corrected chi connectivity index (χ3v) is 2.35. The molecule has 1 aliphatic rings. The molecular weight excluding hydrogens is 152 g/mol. The second kappa shape index (κ2) is 3.13. The molecule has 12 heavy (non-hydrogen) atoms. The van der Waals surface area contributed by atoms with Gasteiger partial charge in [0.2, 0.25) is 0 Å². The molecule has 0 saturated carbocycles. The number of aryl methyl sites for hydroxylation is 1. The van der Waals surface area contributed by atoms with Gasteiger partial charge >= 0.3 is 0 Å². The van der Waals surface area contributed by atoms with Crippen LogP contribution >= 0.6 is 0 Å². The molecule has 0 radical (unpaired) electrons. The van der Waals surface area contributed by atoms with E-state index >= 15 is 0 Å². The Bertz CT molecular complexity index is 249. The van der Waals surface area contributed by atoms with E-state index in [2.05, 4.69) is 20.3 Å². The van der Waals surface area contributed by atoms with Gasteiger partial charge in [0.05, 0.1) is 0 Å². The lowest BCUT2D eigenvalue weighted by Gasteiger charge is -2.26. The topological polar surface area (TPSA) is 44.8 Å². The van der Waals surface area contributed by atoms with E-state index < -0.39 is 0 Å². The van der Waals surface area contributed by atoms with Gasteiger partial charge in [-0.05, 0) is 26.2 Å². The van der Waals surface area contributed by atoms with Crippen LogP contribution in [0.2, 0.25) is 0 Å². The normalized spacial score (nSPS) is 18.2. The van der Waals surface area contributed by atoms with Crippen molar-refractivity contribution in [1.29, 1.82) is 0 Å². The zero-order chi connectivity index (χ0) is 8.39. The SMILES string of the molecule is Cc1n[nH]nc1N1CCCCC1. The standard InChI is InChI=1S/C8H14N4/c1-7-8(10-11-9-7)12-5-3-2-4-6-12/h2-6H2,1H3,(H,9,10,11). The first kappa shape index (κ1) is 7.58. The van der Waals surface area contributed by atoms with Crippen molar-refractivity contribution in [2.45, 2.75) is 26.2 Å². The Morgan fingerprint density at radius 3 is 2.50 bits per heavy atom. The van der Waals surface area contributed by atoms with Crippen LogP contribution in [-0.4, -0.2) is 28.5 Å². The van der Waals surface area contributed by atoms with Crippen LogP contribution in [0.3, 0.4) is 0 Å². The fraction of sp³-hybridized carbons (Fsp3) is 0.750. The molecule has 0 unspecified atom stereocenters. The van der Waals surface area contributed by atoms with Gasteiger partial charge in [-0.25, -0.2) is 0 Å². The van der Waals surface area contributed by atoms with E-state index in [4.69, 9.17) is 0 Å². The average molecular weight is 166 g/mol. The summed E-state index contributed by atoms with van der Waals surface area (Å²) in [6.45, 7) is 4.26. The van der Waals surface area contributed by atoms with Crippen LogP contribution in [0.5, 0.6) is 0 Å². The number of piperidine rings is 1. The number of nitrogens with one attached hydrogen (secondary N) is 1. The van der Waals surface area contributed by atoms with Crippen LogP contribution in [0.25, 0.3) is 0 Å². The van der Waals surface area contributed by atoms with Gasteiger partial charge in [-0.2, -0.15) is 10.3 Å². The van der Waals surface area contributed by atoms with Crippen molar-refractivity contribution in [3.8, 4) is 0 Å².